The van der Waals surface area contributed by atoms with Gasteiger partial charge in [-0.1, -0.05) is 26.3 Å². The van der Waals surface area contributed by atoms with Crippen molar-refractivity contribution in [2.45, 2.75) is 52.1 Å². The highest BCUT2D eigenvalue weighted by atomic mass is 19.1. The lowest BCUT2D eigenvalue weighted by Crippen LogP contribution is -2.56. The van der Waals surface area contributed by atoms with Crippen LogP contribution in [0.15, 0.2) is 18.2 Å². The van der Waals surface area contributed by atoms with Crippen molar-refractivity contribution in [3.63, 3.8) is 0 Å². The number of rotatable bonds is 4. The van der Waals surface area contributed by atoms with Crippen molar-refractivity contribution in [3.05, 3.63) is 29.6 Å². The minimum atomic E-state index is -0.0991. The van der Waals surface area contributed by atoms with Crippen LogP contribution < -0.4 is 10.2 Å². The summed E-state index contributed by atoms with van der Waals surface area (Å²) in [6, 6.07) is 6.61. The fraction of sp³-hybridized carbons (Fsp3) is 0.625. The maximum absolute atomic E-state index is 13.8. The molecule has 1 saturated heterocycles. The first-order valence-corrected chi connectivity index (χ1v) is 7.41. The summed E-state index contributed by atoms with van der Waals surface area (Å²) in [6.45, 7) is 8.20. The van der Waals surface area contributed by atoms with Gasteiger partial charge >= 0.3 is 0 Å². The first-order chi connectivity index (χ1) is 9.15. The average molecular weight is 264 g/mol. The molecule has 3 heteroatoms. The van der Waals surface area contributed by atoms with E-state index in [9.17, 15) is 4.39 Å². The molecule has 0 aromatic heterocycles. The number of hydrogen-bond donors (Lipinski definition) is 1. The summed E-state index contributed by atoms with van der Waals surface area (Å²) in [5.41, 5.74) is 1.74. The summed E-state index contributed by atoms with van der Waals surface area (Å²) in [4.78, 5) is 2.37. The van der Waals surface area contributed by atoms with Gasteiger partial charge in [0.25, 0.3) is 0 Å². The second-order valence-corrected chi connectivity index (χ2v) is 5.54. The standard InChI is InChI=1S/C16H25FN2/c1-4-6-13-11-19(14(5-2)10-18-13)15-8-7-12(3)16(17)9-15/h7-9,13-14,18H,4-6,10-11H2,1-3H3. The maximum Gasteiger partial charge on any atom is 0.128 e. The van der Waals surface area contributed by atoms with Crippen LogP contribution in [0.4, 0.5) is 10.1 Å². The predicted octanol–water partition coefficient (Wildman–Crippen LogP) is 3.49. The summed E-state index contributed by atoms with van der Waals surface area (Å²) in [6.07, 6.45) is 3.45. The van der Waals surface area contributed by atoms with Crippen molar-refractivity contribution >= 4 is 5.69 Å². The Morgan fingerprint density at radius 3 is 2.79 bits per heavy atom. The second kappa shape index (κ2) is 6.38. The number of aryl methyl sites for hydroxylation is 1. The highest BCUT2D eigenvalue weighted by Gasteiger charge is 2.26. The van der Waals surface area contributed by atoms with Gasteiger partial charge in [0.2, 0.25) is 0 Å². The van der Waals surface area contributed by atoms with Crippen LogP contribution in [0.1, 0.15) is 38.7 Å². The molecular formula is C16H25FN2. The van der Waals surface area contributed by atoms with Gasteiger partial charge in [0.1, 0.15) is 5.82 Å². The predicted molar refractivity (Wildman–Crippen MR) is 79.3 cm³/mol. The van der Waals surface area contributed by atoms with E-state index in [4.69, 9.17) is 0 Å². The number of nitrogens with zero attached hydrogens (tertiary/aromatic N) is 1. The van der Waals surface area contributed by atoms with Crippen LogP contribution in [-0.4, -0.2) is 25.2 Å². The fourth-order valence-electron chi connectivity index (χ4n) is 2.85. The van der Waals surface area contributed by atoms with Gasteiger partial charge in [0, 0.05) is 30.9 Å². The molecule has 1 aliphatic rings. The third-order valence-corrected chi connectivity index (χ3v) is 4.10. The fourth-order valence-corrected chi connectivity index (χ4v) is 2.85. The van der Waals surface area contributed by atoms with Gasteiger partial charge in [0.15, 0.2) is 0 Å². The molecule has 0 radical (unpaired) electrons. The van der Waals surface area contributed by atoms with Gasteiger partial charge in [-0.15, -0.1) is 0 Å². The lowest BCUT2D eigenvalue weighted by molar-refractivity contribution is 0.369. The minimum absolute atomic E-state index is 0.0991. The lowest BCUT2D eigenvalue weighted by Gasteiger charge is -2.42. The van der Waals surface area contributed by atoms with E-state index in [0.29, 0.717) is 12.1 Å². The summed E-state index contributed by atoms with van der Waals surface area (Å²) in [5.74, 6) is -0.0991. The molecule has 1 N–H and O–H groups in total. The molecule has 2 nitrogen and oxygen atoms in total. The average Bonchev–Trinajstić information content (AvgIpc) is 2.42. The molecule has 19 heavy (non-hydrogen) atoms. The summed E-state index contributed by atoms with van der Waals surface area (Å²) >= 11 is 0. The van der Waals surface area contributed by atoms with E-state index >= 15 is 0 Å². The largest absolute Gasteiger partial charge is 0.366 e. The minimum Gasteiger partial charge on any atom is -0.366 e. The zero-order valence-electron chi connectivity index (χ0n) is 12.2. The van der Waals surface area contributed by atoms with Crippen molar-refractivity contribution in [3.8, 4) is 0 Å². The Bertz CT molecular complexity index is 419. The van der Waals surface area contributed by atoms with Crippen molar-refractivity contribution in [1.29, 1.82) is 0 Å². The molecular weight excluding hydrogens is 239 g/mol. The first kappa shape index (κ1) is 14.3. The monoisotopic (exact) mass is 264 g/mol. The SMILES string of the molecule is CCCC1CN(c2ccc(C)c(F)c2)C(CC)CN1. The Kier molecular flexibility index (Phi) is 4.81. The molecule has 2 unspecified atom stereocenters. The quantitative estimate of drug-likeness (QED) is 0.895. The topological polar surface area (TPSA) is 15.3 Å². The zero-order chi connectivity index (χ0) is 13.8. The molecule has 1 aromatic rings. The van der Waals surface area contributed by atoms with E-state index < -0.39 is 0 Å². The van der Waals surface area contributed by atoms with Gasteiger partial charge < -0.3 is 10.2 Å². The van der Waals surface area contributed by atoms with Crippen LogP contribution in [0.25, 0.3) is 0 Å². The van der Waals surface area contributed by atoms with Crippen LogP contribution in [-0.2, 0) is 0 Å². The van der Waals surface area contributed by atoms with Crippen LogP contribution in [0.2, 0.25) is 0 Å². The number of nitrogens with one attached hydrogen (secondary N) is 1. The molecule has 0 amide bonds. The Balaban J connectivity index is 2.19. The van der Waals surface area contributed by atoms with Gasteiger partial charge in [-0.25, -0.2) is 4.39 Å². The highest BCUT2D eigenvalue weighted by Crippen LogP contribution is 2.24. The van der Waals surface area contributed by atoms with Gasteiger partial charge in [0.05, 0.1) is 0 Å². The summed E-state index contributed by atoms with van der Waals surface area (Å²) in [7, 11) is 0. The first-order valence-electron chi connectivity index (χ1n) is 7.41. The Morgan fingerprint density at radius 1 is 1.37 bits per heavy atom. The molecule has 2 atom stereocenters. The van der Waals surface area contributed by atoms with Gasteiger partial charge in [-0.3, -0.25) is 0 Å². The molecule has 1 aromatic carbocycles. The normalized spacial score (nSPS) is 23.7. The maximum atomic E-state index is 13.8. The van der Waals surface area contributed by atoms with Crippen molar-refractivity contribution < 1.29 is 4.39 Å². The van der Waals surface area contributed by atoms with E-state index in [1.54, 1.807) is 6.07 Å². The van der Waals surface area contributed by atoms with Crippen LogP contribution in [0.5, 0.6) is 0 Å². The third kappa shape index (κ3) is 3.27. The molecule has 1 aliphatic heterocycles. The number of halogens is 1. The van der Waals surface area contributed by atoms with Crippen molar-refractivity contribution in [2.75, 3.05) is 18.0 Å². The molecule has 2 rings (SSSR count). The molecule has 0 bridgehead atoms. The smallest absolute Gasteiger partial charge is 0.128 e. The van der Waals surface area contributed by atoms with Crippen LogP contribution in [0.3, 0.4) is 0 Å². The van der Waals surface area contributed by atoms with Crippen molar-refractivity contribution in [2.24, 2.45) is 0 Å². The van der Waals surface area contributed by atoms with Gasteiger partial charge in [-0.2, -0.15) is 0 Å². The molecule has 106 valence electrons. The molecule has 0 aliphatic carbocycles. The third-order valence-electron chi connectivity index (χ3n) is 4.10. The van der Waals surface area contributed by atoms with Gasteiger partial charge in [-0.05, 0) is 37.5 Å². The summed E-state index contributed by atoms with van der Waals surface area (Å²) in [5, 5.41) is 3.61. The van der Waals surface area contributed by atoms with E-state index in [2.05, 4.69) is 30.1 Å². The molecule has 0 saturated carbocycles. The molecule has 0 spiro atoms. The van der Waals surface area contributed by atoms with E-state index in [-0.39, 0.29) is 5.82 Å². The van der Waals surface area contributed by atoms with E-state index in [0.717, 1.165) is 30.8 Å². The van der Waals surface area contributed by atoms with Crippen LogP contribution >= 0.6 is 0 Å². The highest BCUT2D eigenvalue weighted by molar-refractivity contribution is 5.50. The Labute approximate surface area is 116 Å². The van der Waals surface area contributed by atoms with E-state index in [1.807, 2.05) is 13.0 Å². The van der Waals surface area contributed by atoms with Crippen molar-refractivity contribution in [1.82, 2.24) is 5.32 Å². The summed E-state index contributed by atoms with van der Waals surface area (Å²) < 4.78 is 13.8. The van der Waals surface area contributed by atoms with Crippen LogP contribution in [0, 0.1) is 12.7 Å². The Morgan fingerprint density at radius 2 is 2.16 bits per heavy atom. The molecule has 1 fully saturated rings. The molecule has 1 heterocycles. The second-order valence-electron chi connectivity index (χ2n) is 5.54. The number of benzene rings is 1. The van der Waals surface area contributed by atoms with E-state index in [1.165, 1.54) is 12.8 Å². The zero-order valence-corrected chi connectivity index (χ0v) is 12.2. The number of piperazine rings is 1. The Hall–Kier alpha value is -1.09. The number of anilines is 1. The number of hydrogen-bond acceptors (Lipinski definition) is 2. The lowest BCUT2D eigenvalue weighted by atomic mass is 10.0.